The second kappa shape index (κ2) is 9.67. The van der Waals surface area contributed by atoms with Gasteiger partial charge in [0.25, 0.3) is 5.91 Å². The number of aromatic nitrogens is 4. The molecule has 1 aliphatic rings. The van der Waals surface area contributed by atoms with Crippen LogP contribution < -0.4 is 10.6 Å². The van der Waals surface area contributed by atoms with Crippen LogP contribution in [0.25, 0.3) is 0 Å². The van der Waals surface area contributed by atoms with Crippen LogP contribution in [0.4, 0.5) is 20.4 Å². The number of hydrogen-bond acceptors (Lipinski definition) is 6. The molecule has 0 radical (unpaired) electrons. The van der Waals surface area contributed by atoms with Crippen LogP contribution in [0.3, 0.4) is 0 Å². The number of amides is 1. The molecule has 4 aromatic rings. The van der Waals surface area contributed by atoms with Crippen molar-refractivity contribution in [2.75, 3.05) is 10.6 Å². The summed E-state index contributed by atoms with van der Waals surface area (Å²) >= 11 is 1.27. The van der Waals surface area contributed by atoms with Gasteiger partial charge in [0.1, 0.15) is 17.7 Å². The minimum atomic E-state index is -0.728. The number of rotatable bonds is 6. The quantitative estimate of drug-likeness (QED) is 0.363. The Morgan fingerprint density at radius 2 is 2.00 bits per heavy atom. The largest absolute Gasteiger partial charge is 0.328 e. The molecule has 7 nitrogen and oxygen atoms in total. The number of nitrogens with one attached hydrogen (secondary N) is 2. The first-order chi connectivity index (χ1) is 17.0. The number of allylic oxidation sites excluding steroid dienone is 1. The number of anilines is 2. The molecule has 1 aliphatic heterocycles. The normalized spacial score (nSPS) is 14.9. The van der Waals surface area contributed by atoms with E-state index in [9.17, 15) is 13.6 Å². The van der Waals surface area contributed by atoms with Gasteiger partial charge in [0.05, 0.1) is 17.5 Å². The van der Waals surface area contributed by atoms with E-state index in [-0.39, 0.29) is 11.7 Å². The van der Waals surface area contributed by atoms with Crippen molar-refractivity contribution in [1.82, 2.24) is 19.7 Å². The van der Waals surface area contributed by atoms with Crippen LogP contribution >= 0.6 is 11.8 Å². The van der Waals surface area contributed by atoms with Crippen LogP contribution in [-0.2, 0) is 10.5 Å². The van der Waals surface area contributed by atoms with Crippen molar-refractivity contribution < 1.29 is 13.6 Å². The summed E-state index contributed by atoms with van der Waals surface area (Å²) in [6, 6.07) is 15.3. The van der Waals surface area contributed by atoms with Gasteiger partial charge in [0.15, 0.2) is 0 Å². The van der Waals surface area contributed by atoms with Gasteiger partial charge in [-0.05, 0) is 48.4 Å². The van der Waals surface area contributed by atoms with Crippen molar-refractivity contribution in [3.05, 3.63) is 107 Å². The van der Waals surface area contributed by atoms with Gasteiger partial charge in [-0.3, -0.25) is 9.78 Å². The fraction of sp³-hybridized carbons (Fsp3) is 0.120. The van der Waals surface area contributed by atoms with Gasteiger partial charge in [-0.2, -0.15) is 4.98 Å². The topological polar surface area (TPSA) is 84.7 Å². The minimum Gasteiger partial charge on any atom is -0.328 e. The monoisotopic (exact) mass is 490 g/mol. The lowest BCUT2D eigenvalue weighted by atomic mass is 9.95. The second-order valence-corrected chi connectivity index (χ2v) is 8.80. The molecular formula is C25H20F2N6OS. The zero-order valence-electron chi connectivity index (χ0n) is 18.6. The zero-order chi connectivity index (χ0) is 24.4. The van der Waals surface area contributed by atoms with Crippen LogP contribution in [0.15, 0.2) is 89.5 Å². The summed E-state index contributed by atoms with van der Waals surface area (Å²) in [4.78, 5) is 21.9. The Bertz CT molecular complexity index is 1420. The Morgan fingerprint density at radius 3 is 2.77 bits per heavy atom. The first-order valence-electron chi connectivity index (χ1n) is 10.8. The maximum atomic E-state index is 14.2. The molecule has 5 rings (SSSR count). The smallest absolute Gasteiger partial charge is 0.255 e. The molecule has 0 saturated carbocycles. The van der Waals surface area contributed by atoms with Crippen molar-refractivity contribution in [1.29, 1.82) is 0 Å². The number of pyridine rings is 1. The predicted molar refractivity (Wildman–Crippen MR) is 130 cm³/mol. The van der Waals surface area contributed by atoms with Crippen molar-refractivity contribution in [2.24, 2.45) is 0 Å². The Kier molecular flexibility index (Phi) is 6.28. The third-order valence-corrected chi connectivity index (χ3v) is 6.36. The fourth-order valence-electron chi connectivity index (χ4n) is 3.86. The first-order valence-corrected chi connectivity index (χ1v) is 11.8. The summed E-state index contributed by atoms with van der Waals surface area (Å²) in [6.45, 7) is 1.76. The van der Waals surface area contributed by atoms with E-state index < -0.39 is 11.9 Å². The van der Waals surface area contributed by atoms with E-state index in [0.29, 0.717) is 44.9 Å². The summed E-state index contributed by atoms with van der Waals surface area (Å²) in [5.74, 6) is -0.362. The molecule has 0 saturated heterocycles. The summed E-state index contributed by atoms with van der Waals surface area (Å²) in [7, 11) is 0. The molecule has 3 heterocycles. The molecule has 2 aromatic carbocycles. The third-order valence-electron chi connectivity index (χ3n) is 5.48. The summed E-state index contributed by atoms with van der Waals surface area (Å²) in [5, 5.41) is 11.0. The van der Waals surface area contributed by atoms with E-state index >= 15 is 0 Å². The Hall–Kier alpha value is -4.05. The Balaban J connectivity index is 1.50. The lowest BCUT2D eigenvalue weighted by molar-refractivity contribution is -0.113. The van der Waals surface area contributed by atoms with Gasteiger partial charge in [-0.1, -0.05) is 42.1 Å². The fourth-order valence-corrected chi connectivity index (χ4v) is 4.68. The van der Waals surface area contributed by atoms with Gasteiger partial charge in [0, 0.05) is 17.6 Å². The van der Waals surface area contributed by atoms with E-state index in [2.05, 4.69) is 25.7 Å². The predicted octanol–water partition coefficient (Wildman–Crippen LogP) is 5.17. The molecule has 0 aliphatic carbocycles. The first kappa shape index (κ1) is 22.7. The van der Waals surface area contributed by atoms with Gasteiger partial charge in [-0.15, -0.1) is 5.10 Å². The molecule has 0 spiro atoms. The molecule has 1 atom stereocenters. The third kappa shape index (κ3) is 4.78. The second-order valence-electron chi connectivity index (χ2n) is 7.86. The molecule has 0 fully saturated rings. The summed E-state index contributed by atoms with van der Waals surface area (Å²) in [6.07, 6.45) is 3.15. The number of halogens is 2. The Morgan fingerprint density at radius 1 is 1.14 bits per heavy atom. The molecule has 0 unspecified atom stereocenters. The van der Waals surface area contributed by atoms with Crippen LogP contribution in [0.2, 0.25) is 0 Å². The number of fused-ring (bicyclic) bond motifs is 1. The van der Waals surface area contributed by atoms with Crippen molar-refractivity contribution in [2.45, 2.75) is 23.9 Å². The highest BCUT2D eigenvalue weighted by Crippen LogP contribution is 2.37. The van der Waals surface area contributed by atoms with Crippen molar-refractivity contribution in [3.8, 4) is 0 Å². The van der Waals surface area contributed by atoms with Crippen LogP contribution in [0.5, 0.6) is 0 Å². The highest BCUT2D eigenvalue weighted by molar-refractivity contribution is 7.98. The van der Waals surface area contributed by atoms with Crippen LogP contribution in [-0.4, -0.2) is 25.7 Å². The lowest BCUT2D eigenvalue weighted by Crippen LogP contribution is -2.31. The molecule has 176 valence electrons. The number of benzene rings is 2. The SMILES string of the molecule is CC1=C(C(=O)Nc2cccnc2)[C@@H](c2cccc(F)c2)n2nc(SCc3ccccc3F)nc2N1. The Labute approximate surface area is 204 Å². The van der Waals surface area contributed by atoms with E-state index in [1.54, 1.807) is 66.5 Å². The zero-order valence-corrected chi connectivity index (χ0v) is 19.4. The van der Waals surface area contributed by atoms with Crippen molar-refractivity contribution >= 4 is 29.3 Å². The molecule has 10 heteroatoms. The molecule has 1 amide bonds. The maximum Gasteiger partial charge on any atom is 0.255 e. The standard InChI is InChI=1S/C25H20F2N6OS/c1-15-21(23(34)30-19-9-5-11-28-13-19)22(16-7-4-8-18(26)12-16)33-24(29-15)31-25(32-33)35-14-17-6-2-3-10-20(17)27/h2-13,22H,14H2,1H3,(H,30,34)(H,29,31,32)/t22-/m1/s1. The highest BCUT2D eigenvalue weighted by Gasteiger charge is 2.34. The number of carbonyl (C=O) groups excluding carboxylic acids is 1. The molecular weight excluding hydrogens is 470 g/mol. The maximum absolute atomic E-state index is 14.2. The molecule has 35 heavy (non-hydrogen) atoms. The van der Waals surface area contributed by atoms with Crippen molar-refractivity contribution in [3.63, 3.8) is 0 Å². The number of carbonyl (C=O) groups is 1. The van der Waals surface area contributed by atoms with E-state index in [0.717, 1.165) is 0 Å². The highest BCUT2D eigenvalue weighted by atomic mass is 32.2. The van der Waals surface area contributed by atoms with Crippen LogP contribution in [0, 0.1) is 11.6 Å². The summed E-state index contributed by atoms with van der Waals surface area (Å²) < 4.78 is 29.8. The van der Waals surface area contributed by atoms with Gasteiger partial charge < -0.3 is 10.6 Å². The summed E-state index contributed by atoms with van der Waals surface area (Å²) in [5.41, 5.74) is 2.53. The molecule has 2 N–H and O–H groups in total. The number of nitrogens with zero attached hydrogens (tertiary/aromatic N) is 4. The lowest BCUT2D eigenvalue weighted by Gasteiger charge is -2.28. The van der Waals surface area contributed by atoms with E-state index in [1.807, 2.05) is 0 Å². The van der Waals surface area contributed by atoms with Gasteiger partial charge >= 0.3 is 0 Å². The average Bonchev–Trinajstić information content (AvgIpc) is 3.25. The van der Waals surface area contributed by atoms with Crippen LogP contribution in [0.1, 0.15) is 24.1 Å². The van der Waals surface area contributed by atoms with E-state index in [4.69, 9.17) is 0 Å². The molecule has 0 bridgehead atoms. The number of hydrogen-bond donors (Lipinski definition) is 2. The minimum absolute atomic E-state index is 0.299. The average molecular weight is 491 g/mol. The van der Waals surface area contributed by atoms with E-state index in [1.165, 1.54) is 30.0 Å². The van der Waals surface area contributed by atoms with Gasteiger partial charge in [-0.25, -0.2) is 13.5 Å². The molecule has 2 aromatic heterocycles. The number of thioether (sulfide) groups is 1. The van der Waals surface area contributed by atoms with Gasteiger partial charge in [0.2, 0.25) is 11.1 Å².